The molecule has 0 aliphatic carbocycles. The Morgan fingerprint density at radius 3 is 1.50 bits per heavy atom. The summed E-state index contributed by atoms with van der Waals surface area (Å²) in [5.74, 6) is 0. The first-order valence-corrected chi connectivity index (χ1v) is 9.04. The molecule has 3 aromatic carbocycles. The van der Waals surface area contributed by atoms with Gasteiger partial charge in [-0.2, -0.15) is 0 Å². The monoisotopic (exact) mass is 336 g/mol. The molecule has 5 aromatic rings. The molecule has 126 valence electrons. The van der Waals surface area contributed by atoms with Crippen LogP contribution in [0.15, 0.2) is 84.9 Å². The second-order valence-electron chi connectivity index (χ2n) is 6.94. The smallest absolute Gasteiger partial charge is 0.0456 e. The predicted molar refractivity (Wildman–Crippen MR) is 109 cm³/mol. The van der Waals surface area contributed by atoms with E-state index in [-0.39, 0.29) is 0 Å². The molecule has 0 saturated carbocycles. The molecule has 2 aromatic heterocycles. The van der Waals surface area contributed by atoms with E-state index in [0.717, 1.165) is 12.8 Å². The molecule has 0 amide bonds. The van der Waals surface area contributed by atoms with Crippen molar-refractivity contribution >= 4 is 21.8 Å². The van der Waals surface area contributed by atoms with Crippen LogP contribution in [0.2, 0.25) is 0 Å². The Kier molecular flexibility index (Phi) is 3.60. The lowest BCUT2D eigenvalue weighted by atomic mass is 10.0. The van der Waals surface area contributed by atoms with Gasteiger partial charge in [0, 0.05) is 35.3 Å². The molecule has 0 unspecified atom stereocenters. The van der Waals surface area contributed by atoms with Crippen molar-refractivity contribution in [2.24, 2.45) is 0 Å². The van der Waals surface area contributed by atoms with E-state index in [1.54, 1.807) is 0 Å². The van der Waals surface area contributed by atoms with Gasteiger partial charge in [0.25, 0.3) is 0 Å². The van der Waals surface area contributed by atoms with Crippen molar-refractivity contribution in [3.63, 3.8) is 0 Å². The number of nitrogens with one attached hydrogen (secondary N) is 2. The van der Waals surface area contributed by atoms with Crippen LogP contribution >= 0.6 is 0 Å². The number of aromatic nitrogens is 2. The zero-order valence-corrected chi connectivity index (χ0v) is 14.5. The van der Waals surface area contributed by atoms with E-state index in [0.29, 0.717) is 0 Å². The van der Waals surface area contributed by atoms with Gasteiger partial charge in [0.05, 0.1) is 0 Å². The normalized spacial score (nSPS) is 11.4. The molecule has 0 spiro atoms. The lowest BCUT2D eigenvalue weighted by Gasteiger charge is -2.04. The van der Waals surface area contributed by atoms with E-state index >= 15 is 0 Å². The fraction of sp³-hybridized carbons (Fsp3) is 0.0833. The Morgan fingerprint density at radius 1 is 0.500 bits per heavy atom. The molecule has 0 fully saturated rings. The van der Waals surface area contributed by atoms with Gasteiger partial charge in [-0.05, 0) is 46.2 Å². The van der Waals surface area contributed by atoms with Crippen molar-refractivity contribution in [3.05, 3.63) is 107 Å². The third kappa shape index (κ3) is 2.91. The minimum Gasteiger partial charge on any atom is -0.358 e. The minimum absolute atomic E-state index is 0.926. The molecule has 2 heteroatoms. The first-order chi connectivity index (χ1) is 12.8. The Balaban J connectivity index is 1.39. The molecule has 0 aliphatic rings. The quantitative estimate of drug-likeness (QED) is 0.414. The third-order valence-corrected chi connectivity index (χ3v) is 4.95. The number of hydrogen-bond donors (Lipinski definition) is 2. The van der Waals surface area contributed by atoms with Crippen molar-refractivity contribution < 1.29 is 0 Å². The van der Waals surface area contributed by atoms with Crippen molar-refractivity contribution in [2.45, 2.75) is 12.8 Å². The fourth-order valence-corrected chi connectivity index (χ4v) is 3.75. The highest BCUT2D eigenvalue weighted by molar-refractivity contribution is 5.81. The number of aromatic amines is 2. The van der Waals surface area contributed by atoms with Gasteiger partial charge in [-0.15, -0.1) is 0 Å². The number of benzene rings is 3. The van der Waals surface area contributed by atoms with E-state index in [9.17, 15) is 0 Å². The summed E-state index contributed by atoms with van der Waals surface area (Å²) >= 11 is 0. The van der Waals surface area contributed by atoms with Crippen molar-refractivity contribution in [2.75, 3.05) is 0 Å². The number of fused-ring (bicyclic) bond motifs is 2. The Hall–Kier alpha value is -3.26. The molecule has 5 rings (SSSR count). The molecular formula is C24H20N2. The van der Waals surface area contributed by atoms with Gasteiger partial charge in [0.2, 0.25) is 0 Å². The Bertz CT molecular complexity index is 1040. The van der Waals surface area contributed by atoms with Gasteiger partial charge in [-0.1, -0.05) is 60.7 Å². The van der Waals surface area contributed by atoms with Gasteiger partial charge < -0.3 is 9.97 Å². The summed E-state index contributed by atoms with van der Waals surface area (Å²) in [5.41, 5.74) is 7.60. The van der Waals surface area contributed by atoms with Crippen LogP contribution in [0.1, 0.15) is 22.5 Å². The van der Waals surface area contributed by atoms with Crippen LogP contribution in [0.5, 0.6) is 0 Å². The number of rotatable bonds is 4. The van der Waals surface area contributed by atoms with Crippen LogP contribution in [-0.2, 0) is 12.8 Å². The summed E-state index contributed by atoms with van der Waals surface area (Å²) in [6.45, 7) is 0. The molecule has 2 N–H and O–H groups in total. The van der Waals surface area contributed by atoms with Crippen LogP contribution in [0.3, 0.4) is 0 Å². The van der Waals surface area contributed by atoms with Crippen LogP contribution in [0, 0.1) is 0 Å². The second-order valence-corrected chi connectivity index (χ2v) is 6.94. The highest BCUT2D eigenvalue weighted by Gasteiger charge is 2.05. The lowest BCUT2D eigenvalue weighted by Crippen LogP contribution is -1.92. The average molecular weight is 336 g/mol. The van der Waals surface area contributed by atoms with Crippen molar-refractivity contribution in [1.82, 2.24) is 9.97 Å². The molecule has 0 bridgehead atoms. The molecule has 2 nitrogen and oxygen atoms in total. The molecule has 2 heterocycles. The number of para-hydroxylation sites is 2. The molecule has 0 atom stereocenters. The van der Waals surface area contributed by atoms with Crippen LogP contribution < -0.4 is 0 Å². The summed E-state index contributed by atoms with van der Waals surface area (Å²) in [4.78, 5) is 7.05. The Morgan fingerprint density at radius 2 is 1.00 bits per heavy atom. The van der Waals surface area contributed by atoms with Gasteiger partial charge in [-0.25, -0.2) is 0 Å². The highest BCUT2D eigenvalue weighted by atomic mass is 14.7. The van der Waals surface area contributed by atoms with E-state index in [2.05, 4.69) is 94.9 Å². The first-order valence-electron chi connectivity index (χ1n) is 9.04. The maximum atomic E-state index is 3.52. The largest absolute Gasteiger partial charge is 0.358 e. The Labute approximate surface area is 152 Å². The van der Waals surface area contributed by atoms with Gasteiger partial charge in [0.15, 0.2) is 0 Å². The zero-order valence-electron chi connectivity index (χ0n) is 14.5. The zero-order chi connectivity index (χ0) is 17.3. The number of H-pyrrole nitrogens is 2. The van der Waals surface area contributed by atoms with Crippen LogP contribution in [0.4, 0.5) is 0 Å². The summed E-state index contributed by atoms with van der Waals surface area (Å²) in [5, 5.41) is 2.55. The van der Waals surface area contributed by atoms with E-state index in [1.165, 1.54) is 44.3 Å². The average Bonchev–Trinajstić information content (AvgIpc) is 3.24. The SMILES string of the molecule is c1cc(Cc2cc3ccccc3[nH]2)cc(Cc2cc3ccccc3[nH]2)c1. The first kappa shape index (κ1) is 15.0. The van der Waals surface area contributed by atoms with Gasteiger partial charge in [-0.3, -0.25) is 0 Å². The topological polar surface area (TPSA) is 31.6 Å². The van der Waals surface area contributed by atoms with Crippen molar-refractivity contribution in [3.8, 4) is 0 Å². The molecule has 0 radical (unpaired) electrons. The molecule has 0 saturated heterocycles. The van der Waals surface area contributed by atoms with Crippen LogP contribution in [-0.4, -0.2) is 9.97 Å². The molecule has 26 heavy (non-hydrogen) atoms. The summed E-state index contributed by atoms with van der Waals surface area (Å²) < 4.78 is 0. The highest BCUT2D eigenvalue weighted by Crippen LogP contribution is 2.20. The summed E-state index contributed by atoms with van der Waals surface area (Å²) in [6, 6.07) is 30.3. The standard InChI is InChI=1S/C24H20N2/c1-3-10-23-19(8-1)15-21(25-23)13-17-6-5-7-18(12-17)14-22-16-20-9-2-4-11-24(20)26-22/h1-12,15-16,25-26H,13-14H2. The van der Waals surface area contributed by atoms with Gasteiger partial charge >= 0.3 is 0 Å². The second kappa shape index (κ2) is 6.23. The third-order valence-electron chi connectivity index (χ3n) is 4.95. The fourth-order valence-electron chi connectivity index (χ4n) is 3.75. The lowest BCUT2D eigenvalue weighted by molar-refractivity contribution is 1.08. The molecule has 0 aliphatic heterocycles. The maximum Gasteiger partial charge on any atom is 0.0456 e. The van der Waals surface area contributed by atoms with E-state index in [4.69, 9.17) is 0 Å². The molecular weight excluding hydrogens is 316 g/mol. The number of hydrogen-bond acceptors (Lipinski definition) is 0. The van der Waals surface area contributed by atoms with E-state index in [1.807, 2.05) is 0 Å². The van der Waals surface area contributed by atoms with Crippen LogP contribution in [0.25, 0.3) is 21.8 Å². The summed E-state index contributed by atoms with van der Waals surface area (Å²) in [6.07, 6.45) is 1.85. The van der Waals surface area contributed by atoms with Gasteiger partial charge in [0.1, 0.15) is 0 Å². The minimum atomic E-state index is 0.926. The predicted octanol–water partition coefficient (Wildman–Crippen LogP) is 5.83. The van der Waals surface area contributed by atoms with Crippen molar-refractivity contribution in [1.29, 1.82) is 0 Å². The maximum absolute atomic E-state index is 3.52. The summed E-state index contributed by atoms with van der Waals surface area (Å²) in [7, 11) is 0. The van der Waals surface area contributed by atoms with E-state index < -0.39 is 0 Å².